The summed E-state index contributed by atoms with van der Waals surface area (Å²) in [6.45, 7) is 0. The zero-order chi connectivity index (χ0) is 16.0. The van der Waals surface area contributed by atoms with Crippen LogP contribution < -0.4 is 5.32 Å². The number of carbonyl (C=O) groups is 1. The van der Waals surface area contributed by atoms with Crippen molar-refractivity contribution < 1.29 is 9.18 Å². The molecule has 0 unspecified atom stereocenters. The molecule has 0 bridgehead atoms. The Kier molecular flexibility index (Phi) is 2.90. The third kappa shape index (κ3) is 2.54. The normalized spacial score (nSPS) is 15.6. The van der Waals surface area contributed by atoms with Crippen LogP contribution in [0.1, 0.15) is 12.8 Å². The number of amides is 1. The van der Waals surface area contributed by atoms with Crippen molar-refractivity contribution in [3.05, 3.63) is 36.7 Å². The topological polar surface area (TPSA) is 72.7 Å². The lowest BCUT2D eigenvalue weighted by Crippen LogP contribution is -2.25. The smallest absolute Gasteiger partial charge is 0.263 e. The Morgan fingerprint density at radius 3 is 2.83 bits per heavy atom. The minimum absolute atomic E-state index is 0.281. The van der Waals surface area contributed by atoms with E-state index in [9.17, 15) is 9.18 Å². The van der Waals surface area contributed by atoms with E-state index in [-0.39, 0.29) is 12.8 Å². The van der Waals surface area contributed by atoms with Gasteiger partial charge in [-0.05, 0) is 30.4 Å². The van der Waals surface area contributed by atoms with E-state index in [0.29, 0.717) is 5.82 Å². The third-order valence-electron chi connectivity index (χ3n) is 3.96. The Morgan fingerprint density at radius 2 is 2.13 bits per heavy atom. The van der Waals surface area contributed by atoms with Gasteiger partial charge in [-0.15, -0.1) is 5.10 Å². The molecule has 6 nitrogen and oxygen atoms in total. The Hall–Kier alpha value is -2.83. The molecular weight excluding hydrogens is 297 g/mol. The van der Waals surface area contributed by atoms with E-state index in [1.165, 1.54) is 0 Å². The number of anilines is 1. The summed E-state index contributed by atoms with van der Waals surface area (Å²) in [7, 11) is 1.81. The molecule has 1 aromatic carbocycles. The van der Waals surface area contributed by atoms with E-state index in [4.69, 9.17) is 0 Å². The van der Waals surface area contributed by atoms with Crippen LogP contribution in [0.5, 0.6) is 0 Å². The van der Waals surface area contributed by atoms with Crippen LogP contribution in [-0.2, 0) is 11.8 Å². The maximum Gasteiger partial charge on any atom is 0.263 e. The quantitative estimate of drug-likeness (QED) is 0.806. The molecule has 0 atom stereocenters. The highest BCUT2D eigenvalue weighted by Gasteiger charge is 2.50. The lowest BCUT2D eigenvalue weighted by Gasteiger charge is -2.08. The maximum absolute atomic E-state index is 13.7. The second-order valence-corrected chi connectivity index (χ2v) is 5.83. The predicted molar refractivity (Wildman–Crippen MR) is 83.4 cm³/mol. The van der Waals surface area contributed by atoms with Gasteiger partial charge in [-0.25, -0.2) is 9.37 Å². The minimum Gasteiger partial charge on any atom is -0.308 e. The summed E-state index contributed by atoms with van der Waals surface area (Å²) in [5.74, 6) is -0.267. The number of aryl methyl sites for hydroxylation is 1. The monoisotopic (exact) mass is 311 g/mol. The number of hydrogen-bond donors (Lipinski definition) is 1. The van der Waals surface area contributed by atoms with Crippen molar-refractivity contribution in [1.82, 2.24) is 20.0 Å². The van der Waals surface area contributed by atoms with E-state index in [1.54, 1.807) is 24.0 Å². The van der Waals surface area contributed by atoms with Crippen molar-refractivity contribution >= 4 is 22.5 Å². The molecule has 1 fully saturated rings. The molecule has 7 heteroatoms. The lowest BCUT2D eigenvalue weighted by atomic mass is 10.1. The molecule has 23 heavy (non-hydrogen) atoms. The van der Waals surface area contributed by atoms with E-state index >= 15 is 0 Å². The van der Waals surface area contributed by atoms with Gasteiger partial charge in [-0.3, -0.25) is 9.48 Å². The summed E-state index contributed by atoms with van der Waals surface area (Å²) in [6.07, 6.45) is 4.04. The first-order valence-electron chi connectivity index (χ1n) is 7.30. The number of rotatable bonds is 3. The summed E-state index contributed by atoms with van der Waals surface area (Å²) in [6, 6.07) is 7.54. The molecule has 116 valence electrons. The molecular formula is C16H14FN5O. The second kappa shape index (κ2) is 4.84. The number of nitrogens with zero attached hydrogens (tertiary/aromatic N) is 4. The van der Waals surface area contributed by atoms with Crippen LogP contribution in [0.25, 0.3) is 22.0 Å². The van der Waals surface area contributed by atoms with Gasteiger partial charge in [-0.1, -0.05) is 17.3 Å². The largest absolute Gasteiger partial charge is 0.308 e. The van der Waals surface area contributed by atoms with Crippen molar-refractivity contribution in [3.8, 4) is 11.3 Å². The Bertz CT molecular complexity index is 916. The lowest BCUT2D eigenvalue weighted by molar-refractivity contribution is -0.122. The van der Waals surface area contributed by atoms with E-state index < -0.39 is 11.6 Å². The highest BCUT2D eigenvalue weighted by Crippen LogP contribution is 2.40. The number of nitrogens with one attached hydrogen (secondary N) is 1. The van der Waals surface area contributed by atoms with Crippen LogP contribution in [0.2, 0.25) is 0 Å². The molecule has 1 N–H and O–H groups in total. The van der Waals surface area contributed by atoms with Gasteiger partial charge in [0.15, 0.2) is 5.67 Å². The van der Waals surface area contributed by atoms with Crippen LogP contribution in [-0.4, -0.2) is 31.6 Å². The maximum atomic E-state index is 13.7. The standard InChI is InChI=1S/C16H14FN5O/c1-22-9-13(20-21-22)10-2-3-11-8-18-14(7-12(11)6-10)19-15(23)16(17)4-5-16/h2-3,6-9H,4-5H2,1H3,(H,18,19,23). The Balaban J connectivity index is 1.68. The summed E-state index contributed by atoms with van der Waals surface area (Å²) in [5, 5.41) is 12.4. The van der Waals surface area contributed by atoms with Gasteiger partial charge >= 0.3 is 0 Å². The van der Waals surface area contributed by atoms with Gasteiger partial charge in [0.25, 0.3) is 5.91 Å². The molecule has 1 saturated carbocycles. The van der Waals surface area contributed by atoms with Gasteiger partial charge in [-0.2, -0.15) is 0 Å². The van der Waals surface area contributed by atoms with Crippen LogP contribution in [0.4, 0.5) is 10.2 Å². The number of halogens is 1. The van der Waals surface area contributed by atoms with Gasteiger partial charge < -0.3 is 5.32 Å². The van der Waals surface area contributed by atoms with Crippen molar-refractivity contribution in [2.24, 2.45) is 7.05 Å². The van der Waals surface area contributed by atoms with Crippen molar-refractivity contribution in [2.45, 2.75) is 18.5 Å². The number of aromatic nitrogens is 4. The zero-order valence-corrected chi connectivity index (χ0v) is 12.5. The van der Waals surface area contributed by atoms with Crippen LogP contribution in [0.3, 0.4) is 0 Å². The molecule has 0 spiro atoms. The highest BCUT2D eigenvalue weighted by atomic mass is 19.1. The first kappa shape index (κ1) is 13.8. The molecule has 0 radical (unpaired) electrons. The molecule has 0 saturated heterocycles. The molecule has 3 aromatic rings. The highest BCUT2D eigenvalue weighted by molar-refractivity contribution is 6.00. The van der Waals surface area contributed by atoms with Crippen molar-refractivity contribution in [3.63, 3.8) is 0 Å². The number of hydrogen-bond acceptors (Lipinski definition) is 4. The second-order valence-electron chi connectivity index (χ2n) is 5.83. The van der Waals surface area contributed by atoms with Gasteiger partial charge in [0.05, 0.1) is 6.20 Å². The van der Waals surface area contributed by atoms with E-state index in [2.05, 4.69) is 20.6 Å². The number of fused-ring (bicyclic) bond motifs is 1. The number of carbonyl (C=O) groups excluding carboxylic acids is 1. The van der Waals surface area contributed by atoms with Gasteiger partial charge in [0.2, 0.25) is 0 Å². The summed E-state index contributed by atoms with van der Waals surface area (Å²) >= 11 is 0. The Labute approximate surface area is 131 Å². The molecule has 2 aromatic heterocycles. The van der Waals surface area contributed by atoms with Crippen molar-refractivity contribution in [2.75, 3.05) is 5.32 Å². The first-order chi connectivity index (χ1) is 11.0. The van der Waals surface area contributed by atoms with Gasteiger partial charge in [0, 0.05) is 24.2 Å². The molecule has 1 aliphatic rings. The zero-order valence-electron chi connectivity index (χ0n) is 12.5. The number of alkyl halides is 1. The fourth-order valence-corrected chi connectivity index (χ4v) is 2.41. The van der Waals surface area contributed by atoms with Crippen molar-refractivity contribution in [1.29, 1.82) is 0 Å². The van der Waals surface area contributed by atoms with Crippen LogP contribution in [0.15, 0.2) is 36.7 Å². The average Bonchev–Trinajstić information content (AvgIpc) is 3.15. The number of pyridine rings is 1. The fraction of sp³-hybridized carbons (Fsp3) is 0.250. The average molecular weight is 311 g/mol. The molecule has 1 amide bonds. The summed E-state index contributed by atoms with van der Waals surface area (Å²) in [5.41, 5.74) is -0.0336. The first-order valence-corrected chi connectivity index (χ1v) is 7.30. The third-order valence-corrected chi connectivity index (χ3v) is 3.96. The molecule has 0 aliphatic heterocycles. The van der Waals surface area contributed by atoms with Gasteiger partial charge in [0.1, 0.15) is 11.5 Å². The van der Waals surface area contributed by atoms with E-state index in [1.807, 2.05) is 24.4 Å². The minimum atomic E-state index is -1.71. The summed E-state index contributed by atoms with van der Waals surface area (Å²) < 4.78 is 15.4. The molecule has 1 aliphatic carbocycles. The fourth-order valence-electron chi connectivity index (χ4n) is 2.41. The van der Waals surface area contributed by atoms with E-state index in [0.717, 1.165) is 22.0 Å². The Morgan fingerprint density at radius 1 is 1.30 bits per heavy atom. The van der Waals surface area contributed by atoms with Crippen LogP contribution in [0, 0.1) is 0 Å². The predicted octanol–water partition coefficient (Wildman–Crippen LogP) is 2.47. The summed E-state index contributed by atoms with van der Waals surface area (Å²) in [4.78, 5) is 15.9. The van der Waals surface area contributed by atoms with Crippen LogP contribution >= 0.6 is 0 Å². The SMILES string of the molecule is Cn1cc(-c2ccc3cnc(NC(=O)C4(F)CC4)cc3c2)nn1. The molecule has 2 heterocycles. The molecule has 4 rings (SSSR count). The number of benzene rings is 1.